The number of benzene rings is 2. The Morgan fingerprint density at radius 3 is 0.906 bits per heavy atom. The molecule has 2 aromatic carbocycles. The first kappa shape index (κ1) is 51.1. The minimum Gasteiger partial charge on any atom is -0.550 e. The summed E-state index contributed by atoms with van der Waals surface area (Å²) >= 11 is 0. The number of carbonyl (C=O) groups is 2. The molecule has 0 heterocycles. The molecular formula is C48H78MgO4. The van der Waals surface area contributed by atoms with Gasteiger partial charge in [-0.1, -0.05) is 216 Å². The summed E-state index contributed by atoms with van der Waals surface area (Å²) in [6.07, 6.45) is 35.6. The third kappa shape index (κ3) is 32.1. The van der Waals surface area contributed by atoms with Crippen molar-refractivity contribution >= 4 is 35.0 Å². The van der Waals surface area contributed by atoms with Crippen LogP contribution in [0.4, 0.5) is 0 Å². The summed E-state index contributed by atoms with van der Waals surface area (Å²) < 4.78 is 0. The standard InChI is InChI=1S/2C24H40O2.Mg/c2*1-2-3-4-5-6-7-8-12-17-22(23-19-14-11-15-20-23)18-13-9-10-16-21-24(25)26;/h2*11,14-15,19-20,22H,2-10,12-13,16-18,21H2,1H3,(H,25,26);/q;;+2/p-2. The molecule has 0 aromatic heterocycles. The fraction of sp³-hybridized carbons (Fsp3) is 0.708. The van der Waals surface area contributed by atoms with E-state index in [1.165, 1.54) is 152 Å². The van der Waals surface area contributed by atoms with Gasteiger partial charge in [-0.2, -0.15) is 0 Å². The van der Waals surface area contributed by atoms with E-state index in [0.29, 0.717) is 11.8 Å². The summed E-state index contributed by atoms with van der Waals surface area (Å²) in [5, 5.41) is 20.9. The maximum absolute atomic E-state index is 10.5. The number of carboxylic acids is 2. The minimum atomic E-state index is -0.915. The van der Waals surface area contributed by atoms with Crippen molar-refractivity contribution < 1.29 is 19.8 Å². The quantitative estimate of drug-likeness (QED) is 0.0528. The van der Waals surface area contributed by atoms with Crippen molar-refractivity contribution in [2.75, 3.05) is 0 Å². The number of unbranched alkanes of at least 4 members (excludes halogenated alkanes) is 20. The van der Waals surface area contributed by atoms with Gasteiger partial charge in [-0.25, -0.2) is 0 Å². The van der Waals surface area contributed by atoms with Gasteiger partial charge in [0.15, 0.2) is 0 Å². The molecule has 0 bridgehead atoms. The predicted octanol–water partition coefficient (Wildman–Crippen LogP) is 12.4. The third-order valence-corrected chi connectivity index (χ3v) is 10.7. The van der Waals surface area contributed by atoms with Gasteiger partial charge >= 0.3 is 23.1 Å². The van der Waals surface area contributed by atoms with Crippen molar-refractivity contribution in [3.63, 3.8) is 0 Å². The molecule has 0 aliphatic heterocycles. The third-order valence-electron chi connectivity index (χ3n) is 10.7. The molecule has 0 saturated carbocycles. The fourth-order valence-electron chi connectivity index (χ4n) is 7.48. The summed E-state index contributed by atoms with van der Waals surface area (Å²) in [6.45, 7) is 4.54. The van der Waals surface area contributed by atoms with Gasteiger partial charge in [0.1, 0.15) is 0 Å². The van der Waals surface area contributed by atoms with Crippen LogP contribution in [0, 0.1) is 0 Å². The molecule has 0 saturated heterocycles. The average Bonchev–Trinajstić information content (AvgIpc) is 3.15. The largest absolute Gasteiger partial charge is 2.00 e. The van der Waals surface area contributed by atoms with Crippen molar-refractivity contribution in [1.82, 2.24) is 0 Å². The van der Waals surface area contributed by atoms with E-state index in [-0.39, 0.29) is 35.9 Å². The minimum absolute atomic E-state index is 0. The first-order valence-corrected chi connectivity index (χ1v) is 22.0. The first-order chi connectivity index (χ1) is 25.5. The molecule has 2 aromatic rings. The van der Waals surface area contributed by atoms with Gasteiger partial charge in [-0.15, -0.1) is 0 Å². The molecule has 0 N–H and O–H groups in total. The van der Waals surface area contributed by atoms with Crippen molar-refractivity contribution in [1.29, 1.82) is 0 Å². The van der Waals surface area contributed by atoms with E-state index in [2.05, 4.69) is 74.5 Å². The van der Waals surface area contributed by atoms with Crippen molar-refractivity contribution in [3.05, 3.63) is 71.8 Å². The summed E-state index contributed by atoms with van der Waals surface area (Å²) in [6, 6.07) is 21.9. The van der Waals surface area contributed by atoms with E-state index in [4.69, 9.17) is 0 Å². The van der Waals surface area contributed by atoms with E-state index < -0.39 is 11.9 Å². The van der Waals surface area contributed by atoms with E-state index in [0.717, 1.165) is 38.5 Å². The van der Waals surface area contributed by atoms with Gasteiger partial charge in [-0.05, 0) is 74.3 Å². The van der Waals surface area contributed by atoms with Crippen LogP contribution in [0.25, 0.3) is 0 Å². The summed E-state index contributed by atoms with van der Waals surface area (Å²) in [5.41, 5.74) is 2.95. The smallest absolute Gasteiger partial charge is 0.550 e. The van der Waals surface area contributed by atoms with Crippen LogP contribution in [0.2, 0.25) is 0 Å². The van der Waals surface area contributed by atoms with Crippen LogP contribution < -0.4 is 10.2 Å². The monoisotopic (exact) mass is 743 g/mol. The Balaban J connectivity index is 0.00000100. The number of hydrogen-bond acceptors (Lipinski definition) is 4. The van der Waals surface area contributed by atoms with Crippen LogP contribution in [0.3, 0.4) is 0 Å². The van der Waals surface area contributed by atoms with E-state index >= 15 is 0 Å². The van der Waals surface area contributed by atoms with Crippen molar-refractivity contribution in [2.24, 2.45) is 0 Å². The van der Waals surface area contributed by atoms with E-state index in [9.17, 15) is 19.8 Å². The SMILES string of the molecule is CCCCCCCCCCC(CCCCCCC(=O)[O-])c1ccccc1.CCCCCCCCCCC(CCCCCCC(=O)[O-])c1ccccc1.[Mg+2]. The van der Waals surface area contributed by atoms with Gasteiger partial charge in [-0.3, -0.25) is 0 Å². The van der Waals surface area contributed by atoms with Crippen LogP contribution in [-0.2, 0) is 9.59 Å². The Kier molecular flexibility index (Phi) is 37.1. The first-order valence-electron chi connectivity index (χ1n) is 22.0. The maximum atomic E-state index is 10.5. The molecule has 0 amide bonds. The second-order valence-corrected chi connectivity index (χ2v) is 15.4. The Morgan fingerprint density at radius 1 is 0.396 bits per heavy atom. The molecule has 0 aliphatic carbocycles. The topological polar surface area (TPSA) is 80.3 Å². The van der Waals surface area contributed by atoms with Gasteiger partial charge in [0.2, 0.25) is 0 Å². The Bertz CT molecular complexity index is 974. The van der Waals surface area contributed by atoms with Crippen LogP contribution >= 0.6 is 0 Å². The predicted molar refractivity (Wildman–Crippen MR) is 224 cm³/mol. The molecule has 2 atom stereocenters. The molecular weight excluding hydrogens is 665 g/mol. The number of carboxylic acid groups (broad SMARTS) is 2. The zero-order valence-electron chi connectivity index (χ0n) is 34.5. The van der Waals surface area contributed by atoms with Crippen molar-refractivity contribution in [2.45, 2.75) is 218 Å². The zero-order chi connectivity index (χ0) is 37.7. The maximum Gasteiger partial charge on any atom is 2.00 e. The molecule has 5 heteroatoms. The number of hydrogen-bond donors (Lipinski definition) is 0. The zero-order valence-corrected chi connectivity index (χ0v) is 35.9. The second kappa shape index (κ2) is 38.4. The normalized spacial score (nSPS) is 12.0. The summed E-state index contributed by atoms with van der Waals surface area (Å²) in [7, 11) is 0. The van der Waals surface area contributed by atoms with Gasteiger partial charge < -0.3 is 19.8 Å². The van der Waals surface area contributed by atoms with E-state index in [1.54, 1.807) is 0 Å². The fourth-order valence-corrected chi connectivity index (χ4v) is 7.48. The molecule has 296 valence electrons. The second-order valence-electron chi connectivity index (χ2n) is 15.4. The van der Waals surface area contributed by atoms with Gasteiger partial charge in [0.05, 0.1) is 0 Å². The average molecular weight is 743 g/mol. The molecule has 2 rings (SSSR count). The molecule has 53 heavy (non-hydrogen) atoms. The molecule has 0 spiro atoms. The van der Waals surface area contributed by atoms with Crippen LogP contribution in [-0.4, -0.2) is 35.0 Å². The Morgan fingerprint density at radius 2 is 0.642 bits per heavy atom. The van der Waals surface area contributed by atoms with Crippen molar-refractivity contribution in [3.8, 4) is 0 Å². The molecule has 2 unspecified atom stereocenters. The molecule has 0 radical (unpaired) electrons. The Hall–Kier alpha value is -1.85. The van der Waals surface area contributed by atoms with Crippen LogP contribution in [0.15, 0.2) is 60.7 Å². The van der Waals surface area contributed by atoms with Crippen LogP contribution in [0.1, 0.15) is 229 Å². The molecule has 0 aliphatic rings. The van der Waals surface area contributed by atoms with E-state index in [1.807, 2.05) is 0 Å². The number of rotatable bonds is 34. The Labute approximate surface area is 343 Å². The van der Waals surface area contributed by atoms with Crippen LogP contribution in [0.5, 0.6) is 0 Å². The number of carbonyl (C=O) groups excluding carboxylic acids is 2. The number of aliphatic carboxylic acids is 2. The summed E-state index contributed by atoms with van der Waals surface area (Å²) in [5.74, 6) is -0.501. The summed E-state index contributed by atoms with van der Waals surface area (Å²) in [4.78, 5) is 20.9. The van der Waals surface area contributed by atoms with Gasteiger partial charge in [0, 0.05) is 11.9 Å². The molecule has 0 fully saturated rings. The molecule has 4 nitrogen and oxygen atoms in total. The van der Waals surface area contributed by atoms with Gasteiger partial charge in [0.25, 0.3) is 0 Å².